The summed E-state index contributed by atoms with van der Waals surface area (Å²) in [6.45, 7) is 0. The second-order valence-corrected chi connectivity index (χ2v) is 7.54. The van der Waals surface area contributed by atoms with Gasteiger partial charge in [-0.3, -0.25) is 9.59 Å². The zero-order chi connectivity index (χ0) is 25.7. The molecule has 0 saturated heterocycles. The van der Waals surface area contributed by atoms with Crippen molar-refractivity contribution in [3.63, 3.8) is 0 Å². The topological polar surface area (TPSA) is 87.3 Å². The molecule has 0 unspecified atom stereocenters. The van der Waals surface area contributed by atoms with Crippen LogP contribution < -0.4 is 15.0 Å². The maximum atomic E-state index is 14.7. The molecule has 4 aromatic rings. The smallest absolute Gasteiger partial charge is 0.259 e. The van der Waals surface area contributed by atoms with Gasteiger partial charge in [-0.1, -0.05) is 0 Å². The molecule has 0 spiro atoms. The monoisotopic (exact) mass is 492 g/mol. The van der Waals surface area contributed by atoms with E-state index >= 15 is 0 Å². The fraction of sp³-hybridized carbons (Fsp3) is 0.0385. The number of hydrogen-bond acceptors (Lipinski definition) is 5. The molecule has 0 bridgehead atoms. The van der Waals surface area contributed by atoms with Crippen LogP contribution in [0.25, 0.3) is 11.0 Å². The Labute approximate surface area is 203 Å². The van der Waals surface area contributed by atoms with E-state index in [0.717, 1.165) is 12.1 Å². The molecule has 4 rings (SSSR count). The average Bonchev–Trinajstić information content (AvgIpc) is 3.34. The molecule has 0 fully saturated rings. The number of aromatic amines is 1. The van der Waals surface area contributed by atoms with Gasteiger partial charge < -0.3 is 19.9 Å². The van der Waals surface area contributed by atoms with Crippen molar-refractivity contribution in [1.29, 1.82) is 0 Å². The lowest BCUT2D eigenvalue weighted by Crippen LogP contribution is -2.17. The minimum Gasteiger partial charge on any atom is -0.456 e. The number of amides is 1. The predicted octanol–water partition coefficient (Wildman–Crippen LogP) is 5.49. The van der Waals surface area contributed by atoms with E-state index < -0.39 is 23.2 Å². The molecule has 7 nitrogen and oxygen atoms in total. The molecule has 0 aliphatic rings. The second kappa shape index (κ2) is 10.6. The van der Waals surface area contributed by atoms with Crippen molar-refractivity contribution in [1.82, 2.24) is 9.97 Å². The summed E-state index contributed by atoms with van der Waals surface area (Å²) >= 11 is 0. The lowest BCUT2D eigenvalue weighted by molar-refractivity contribution is -0.115. The Hall–Kier alpha value is -4.86. The molecule has 36 heavy (non-hydrogen) atoms. The number of hydrogen-bond donors (Lipinski definition) is 2. The number of halogens is 3. The molecule has 2 N–H and O–H groups in total. The van der Waals surface area contributed by atoms with Crippen LogP contribution in [0, 0.1) is 17.5 Å². The highest BCUT2D eigenvalue weighted by molar-refractivity contribution is 6.16. The lowest BCUT2D eigenvalue weighted by Gasteiger charge is -2.13. The highest BCUT2D eigenvalue weighted by Gasteiger charge is 2.18. The third kappa shape index (κ3) is 5.44. The molecule has 0 saturated carbocycles. The molecule has 10 heteroatoms. The van der Waals surface area contributed by atoms with Crippen LogP contribution in [-0.4, -0.2) is 29.2 Å². The number of nitrogens with zero attached hydrogens (tertiary/aromatic N) is 2. The Morgan fingerprint density at radius 2 is 1.81 bits per heavy atom. The number of pyridine rings is 1. The van der Waals surface area contributed by atoms with Crippen molar-refractivity contribution in [2.75, 3.05) is 17.3 Å². The predicted molar refractivity (Wildman–Crippen MR) is 129 cm³/mol. The van der Waals surface area contributed by atoms with Gasteiger partial charge in [-0.05, 0) is 48.6 Å². The first kappa shape index (κ1) is 24.3. The van der Waals surface area contributed by atoms with Gasteiger partial charge in [-0.25, -0.2) is 18.2 Å². The van der Waals surface area contributed by atoms with E-state index in [1.807, 2.05) is 0 Å². The molecule has 0 atom stereocenters. The number of nitrogens with one attached hydrogen (secondary N) is 2. The normalized spacial score (nSPS) is 11.6. The fourth-order valence-electron chi connectivity index (χ4n) is 3.27. The first-order chi connectivity index (χ1) is 17.4. The van der Waals surface area contributed by atoms with Gasteiger partial charge in [0, 0.05) is 43.5 Å². The number of rotatable bonds is 8. The van der Waals surface area contributed by atoms with E-state index in [-0.39, 0.29) is 23.4 Å². The Balaban J connectivity index is 1.47. The maximum absolute atomic E-state index is 14.7. The second-order valence-electron chi connectivity index (χ2n) is 7.54. The summed E-state index contributed by atoms with van der Waals surface area (Å²) in [6, 6.07) is 10.8. The number of ether oxygens (including phenoxy) is 1. The molecular formula is C26H19F3N4O3. The molecule has 0 radical (unpaired) electrons. The number of allylic oxidation sites excluding steroid dienone is 2. The summed E-state index contributed by atoms with van der Waals surface area (Å²) in [5, 5.41) is 2.69. The Morgan fingerprint density at radius 3 is 2.50 bits per heavy atom. The number of anilines is 2. The molecule has 2 aromatic heterocycles. The summed E-state index contributed by atoms with van der Waals surface area (Å²) in [5.41, 5.74) is 0.107. The van der Waals surface area contributed by atoms with Crippen LogP contribution in [0.2, 0.25) is 0 Å². The highest BCUT2D eigenvalue weighted by atomic mass is 19.1. The van der Waals surface area contributed by atoms with Crippen LogP contribution in [0.5, 0.6) is 11.5 Å². The first-order valence-electron chi connectivity index (χ1n) is 10.6. The standard InChI is InChI=1S/C26H19F3N4O3/c1-33(18-6-4-17(27)5-7-18)12-2-3-16(15-34)26(35)32-24-21(28)13-19(14-22(24)29)36-23-9-11-31-25-20(23)8-10-30-25/h2-15H,1H3,(H,30,31)(H,32,35)/b12-2-,16-3+. The van der Waals surface area contributed by atoms with Crippen LogP contribution >= 0.6 is 0 Å². The van der Waals surface area contributed by atoms with Crippen LogP contribution in [0.15, 0.2) is 84.8 Å². The van der Waals surface area contributed by atoms with Crippen LogP contribution in [0.3, 0.4) is 0 Å². The number of carbonyl (C=O) groups excluding carboxylic acids is 2. The maximum Gasteiger partial charge on any atom is 0.259 e. The summed E-state index contributed by atoms with van der Waals surface area (Å²) in [6.07, 6.45) is 7.50. The van der Waals surface area contributed by atoms with Gasteiger partial charge in [-0.15, -0.1) is 0 Å². The lowest BCUT2D eigenvalue weighted by atomic mass is 10.2. The van der Waals surface area contributed by atoms with Gasteiger partial charge in [0.05, 0.1) is 11.0 Å². The highest BCUT2D eigenvalue weighted by Crippen LogP contribution is 2.32. The number of fused-ring (bicyclic) bond motifs is 1. The minimum absolute atomic E-state index is 0.130. The van der Waals surface area contributed by atoms with E-state index in [2.05, 4.69) is 15.3 Å². The summed E-state index contributed by atoms with van der Waals surface area (Å²) < 4.78 is 48.0. The number of aldehydes is 1. The number of carbonyl (C=O) groups is 2. The molecule has 0 aliphatic heterocycles. The Bertz CT molecular complexity index is 1460. The average molecular weight is 492 g/mol. The summed E-state index contributed by atoms with van der Waals surface area (Å²) in [7, 11) is 1.68. The largest absolute Gasteiger partial charge is 0.456 e. The van der Waals surface area contributed by atoms with Crippen LogP contribution in [-0.2, 0) is 9.59 Å². The zero-order valence-corrected chi connectivity index (χ0v) is 18.8. The Kier molecular flexibility index (Phi) is 7.15. The Morgan fingerprint density at radius 1 is 1.08 bits per heavy atom. The van der Waals surface area contributed by atoms with E-state index in [1.165, 1.54) is 36.7 Å². The third-order valence-electron chi connectivity index (χ3n) is 5.11. The molecule has 2 heterocycles. The summed E-state index contributed by atoms with van der Waals surface area (Å²) in [4.78, 5) is 32.5. The number of benzene rings is 2. The van der Waals surface area contributed by atoms with Gasteiger partial charge in [-0.2, -0.15) is 0 Å². The van der Waals surface area contributed by atoms with Gasteiger partial charge in [0.25, 0.3) is 5.91 Å². The number of aromatic nitrogens is 2. The van der Waals surface area contributed by atoms with Crippen molar-refractivity contribution in [3.8, 4) is 11.5 Å². The van der Waals surface area contributed by atoms with Crippen molar-refractivity contribution in [2.24, 2.45) is 0 Å². The molecule has 0 aliphatic carbocycles. The first-order valence-corrected chi connectivity index (χ1v) is 10.6. The SMILES string of the molecule is CN(/C=C\C=C(/C=O)C(=O)Nc1c(F)cc(Oc2ccnc3[nH]ccc23)cc1F)c1ccc(F)cc1. The van der Waals surface area contributed by atoms with Crippen LogP contribution in [0.1, 0.15) is 0 Å². The van der Waals surface area contributed by atoms with Crippen molar-refractivity contribution in [3.05, 3.63) is 102 Å². The van der Waals surface area contributed by atoms with Gasteiger partial charge in [0.15, 0.2) is 17.9 Å². The van der Waals surface area contributed by atoms with Crippen molar-refractivity contribution >= 4 is 34.6 Å². The zero-order valence-electron chi connectivity index (χ0n) is 18.8. The van der Waals surface area contributed by atoms with E-state index in [1.54, 1.807) is 42.4 Å². The number of H-pyrrole nitrogens is 1. The minimum atomic E-state index is -1.09. The summed E-state index contributed by atoms with van der Waals surface area (Å²) in [5.74, 6) is -3.36. The van der Waals surface area contributed by atoms with E-state index in [4.69, 9.17) is 4.74 Å². The van der Waals surface area contributed by atoms with Crippen molar-refractivity contribution in [2.45, 2.75) is 0 Å². The fourth-order valence-corrected chi connectivity index (χ4v) is 3.27. The molecule has 182 valence electrons. The molecule has 2 aromatic carbocycles. The van der Waals surface area contributed by atoms with E-state index in [0.29, 0.717) is 22.5 Å². The van der Waals surface area contributed by atoms with Gasteiger partial charge in [0.1, 0.15) is 28.7 Å². The van der Waals surface area contributed by atoms with Crippen LogP contribution in [0.4, 0.5) is 24.5 Å². The molecule has 1 amide bonds. The van der Waals surface area contributed by atoms with E-state index in [9.17, 15) is 22.8 Å². The third-order valence-corrected chi connectivity index (χ3v) is 5.11. The van der Waals surface area contributed by atoms with Crippen molar-refractivity contribution < 1.29 is 27.5 Å². The quantitative estimate of drug-likeness (QED) is 0.112. The van der Waals surface area contributed by atoms with Gasteiger partial charge in [0.2, 0.25) is 0 Å². The molecular weight excluding hydrogens is 473 g/mol. The van der Waals surface area contributed by atoms with Gasteiger partial charge >= 0.3 is 0 Å².